The lowest BCUT2D eigenvalue weighted by molar-refractivity contribution is -0.165. The Labute approximate surface area is 220 Å². The highest BCUT2D eigenvalue weighted by Crippen LogP contribution is 2.34. The molecule has 1 aliphatic carbocycles. The molecule has 17 nitrogen and oxygen atoms in total. The Kier molecular flexibility index (Phi) is 7.46. The first-order valence-corrected chi connectivity index (χ1v) is 13.7. The minimum absolute atomic E-state index is 0.0665. The van der Waals surface area contributed by atoms with E-state index in [1.807, 2.05) is 0 Å². The van der Waals surface area contributed by atoms with E-state index in [1.54, 1.807) is 0 Å². The van der Waals surface area contributed by atoms with Gasteiger partial charge < -0.3 is 36.9 Å². The molecule has 1 unspecified atom stereocenters. The van der Waals surface area contributed by atoms with Crippen LogP contribution in [0.15, 0.2) is 10.5 Å². The van der Waals surface area contributed by atoms with Gasteiger partial charge in [-0.2, -0.15) is 8.42 Å². The van der Waals surface area contributed by atoms with Crippen LogP contribution < -0.4 is 22.1 Å². The number of carbonyl (C=O) groups excluding carboxylic acids is 3. The van der Waals surface area contributed by atoms with E-state index in [9.17, 15) is 37.3 Å². The van der Waals surface area contributed by atoms with E-state index in [-0.39, 0.29) is 47.6 Å². The number of nitrogens with two attached hydrogens (primary N) is 2. The number of urea groups is 1. The lowest BCUT2D eigenvalue weighted by Crippen LogP contribution is -2.74. The van der Waals surface area contributed by atoms with Crippen LogP contribution in [-0.4, -0.2) is 105 Å². The van der Waals surface area contributed by atoms with Crippen LogP contribution in [0.2, 0.25) is 0 Å². The van der Waals surface area contributed by atoms with Crippen molar-refractivity contribution in [1.82, 2.24) is 24.8 Å². The zero-order valence-corrected chi connectivity index (χ0v) is 21.4. The molecule has 3 aliphatic rings. The summed E-state index contributed by atoms with van der Waals surface area (Å²) in [5, 5.41) is 19.8. The third-order valence-corrected chi connectivity index (χ3v) is 8.17. The van der Waals surface area contributed by atoms with Crippen molar-refractivity contribution in [1.29, 1.82) is 0 Å². The lowest BCUT2D eigenvalue weighted by Gasteiger charge is -2.45. The summed E-state index contributed by atoms with van der Waals surface area (Å²) < 4.78 is 33.4. The number of amides is 4. The summed E-state index contributed by atoms with van der Waals surface area (Å²) in [4.78, 5) is 60.5. The highest BCUT2D eigenvalue weighted by molar-refractivity contribution is 7.84. The molecular formula is C19H26N8O9S2. The van der Waals surface area contributed by atoms with Crippen LogP contribution in [0.25, 0.3) is 0 Å². The second-order valence-electron chi connectivity index (χ2n) is 9.03. The molecule has 38 heavy (non-hydrogen) atoms. The molecular weight excluding hydrogens is 548 g/mol. The van der Waals surface area contributed by atoms with Crippen molar-refractivity contribution in [2.45, 2.75) is 49.4 Å². The minimum atomic E-state index is -5.02. The van der Waals surface area contributed by atoms with E-state index in [2.05, 4.69) is 20.8 Å². The Morgan fingerprint density at radius 3 is 2.55 bits per heavy atom. The topological polar surface area (TPSA) is 260 Å². The Morgan fingerprint density at radius 1 is 1.34 bits per heavy atom. The van der Waals surface area contributed by atoms with Crippen molar-refractivity contribution in [3.05, 3.63) is 11.1 Å². The van der Waals surface area contributed by atoms with Gasteiger partial charge in [-0.05, 0) is 12.8 Å². The maximum atomic E-state index is 13.2. The van der Waals surface area contributed by atoms with E-state index in [4.69, 9.17) is 16.3 Å². The summed E-state index contributed by atoms with van der Waals surface area (Å²) in [6.45, 7) is -0.133. The predicted octanol–water partition coefficient (Wildman–Crippen LogP) is -2.31. The Morgan fingerprint density at radius 2 is 2.03 bits per heavy atom. The monoisotopic (exact) mass is 574 g/mol. The first kappa shape index (κ1) is 27.5. The van der Waals surface area contributed by atoms with Crippen LogP contribution in [0.3, 0.4) is 0 Å². The van der Waals surface area contributed by atoms with Gasteiger partial charge in [0.05, 0.1) is 12.1 Å². The Bertz CT molecular complexity index is 1280. The van der Waals surface area contributed by atoms with Crippen molar-refractivity contribution < 1.29 is 42.1 Å². The van der Waals surface area contributed by atoms with Crippen LogP contribution in [-0.2, 0) is 29.5 Å². The average Bonchev–Trinajstić information content (AvgIpc) is 3.57. The fourth-order valence-electron chi connectivity index (χ4n) is 4.55. The van der Waals surface area contributed by atoms with E-state index in [0.717, 1.165) is 11.3 Å². The quantitative estimate of drug-likeness (QED) is 0.0745. The normalized spacial score (nSPS) is 25.2. The number of hydrogen-bond donors (Lipinski definition) is 6. The number of aliphatic carboxylic acids is 1. The van der Waals surface area contributed by atoms with E-state index in [0.29, 0.717) is 12.8 Å². The predicted molar refractivity (Wildman–Crippen MR) is 130 cm³/mol. The number of hydrogen-bond acceptors (Lipinski definition) is 12. The zero-order valence-electron chi connectivity index (χ0n) is 19.8. The molecule has 1 aromatic heterocycles. The Balaban J connectivity index is 1.58. The molecule has 1 aromatic rings. The fourth-order valence-corrected chi connectivity index (χ4v) is 5.97. The molecule has 1 saturated carbocycles. The number of rotatable bonds is 10. The molecule has 4 rings (SSSR count). The Hall–Kier alpha value is -3.55. The van der Waals surface area contributed by atoms with Gasteiger partial charge >= 0.3 is 22.3 Å². The number of β-lactam (4-membered cyclic amide) rings is 1. The van der Waals surface area contributed by atoms with Gasteiger partial charge in [-0.1, -0.05) is 5.16 Å². The number of nitrogens with one attached hydrogen (secondary N) is 2. The number of carbonyl (C=O) groups is 4. The third-order valence-electron chi connectivity index (χ3n) is 6.54. The molecule has 8 N–H and O–H groups in total. The third kappa shape index (κ3) is 5.22. The number of carboxylic acids is 1. The maximum Gasteiger partial charge on any atom is 0.362 e. The molecule has 2 aliphatic heterocycles. The van der Waals surface area contributed by atoms with Gasteiger partial charge in [0.1, 0.15) is 11.7 Å². The molecule has 0 radical (unpaired) electrons. The SMILES string of the molecule is NCC1CN(C[C@@H]2[C@H](NC(=O)/C(=N\OC3(C(=O)O)CCCC3)c3csc(N)n3)C(=O)N2S(=O)(=O)O)C(=O)N1. The number of anilines is 1. The molecule has 2 saturated heterocycles. The lowest BCUT2D eigenvalue weighted by atomic mass is 9.97. The fraction of sp³-hybridized carbons (Fsp3) is 0.579. The molecule has 208 valence electrons. The van der Waals surface area contributed by atoms with Gasteiger partial charge in [-0.15, -0.1) is 11.3 Å². The number of carboxylic acid groups (broad SMARTS) is 1. The number of aromatic nitrogens is 1. The zero-order chi connectivity index (χ0) is 27.8. The second kappa shape index (κ2) is 10.3. The molecule has 3 heterocycles. The van der Waals surface area contributed by atoms with Crippen LogP contribution in [0.4, 0.5) is 9.93 Å². The molecule has 4 amide bonds. The van der Waals surface area contributed by atoms with Gasteiger partial charge in [0, 0.05) is 37.9 Å². The van der Waals surface area contributed by atoms with Crippen LogP contribution >= 0.6 is 11.3 Å². The summed E-state index contributed by atoms with van der Waals surface area (Å²) in [5.74, 6) is -3.46. The first-order chi connectivity index (χ1) is 17.9. The number of nitrogens with zero attached hydrogens (tertiary/aromatic N) is 4. The van der Waals surface area contributed by atoms with Crippen LogP contribution in [0.1, 0.15) is 31.4 Å². The van der Waals surface area contributed by atoms with E-state index >= 15 is 0 Å². The second-order valence-corrected chi connectivity index (χ2v) is 11.2. The van der Waals surface area contributed by atoms with Gasteiger partial charge in [-0.25, -0.2) is 18.9 Å². The molecule has 19 heteroatoms. The van der Waals surface area contributed by atoms with Gasteiger partial charge in [0.2, 0.25) is 5.60 Å². The largest absolute Gasteiger partial charge is 0.478 e. The molecule has 3 fully saturated rings. The van der Waals surface area contributed by atoms with Crippen molar-refractivity contribution >= 4 is 56.3 Å². The number of oxime groups is 1. The standard InChI is InChI=1S/C19H26N8O9S2/c20-5-9-6-26(18(32)22-9)7-11-13(15(29)27(11)38(33,34)35)24-14(28)12(10-8-37-17(21)23-10)25-36-19(16(30)31)3-1-2-4-19/h8-9,11,13H,1-7,20H2,(H2,21,23)(H,22,32)(H,24,28)(H,30,31)(H,33,34,35)/b25-12-/t9?,11-,13+/m1/s1. The van der Waals surface area contributed by atoms with Crippen molar-refractivity contribution in [2.24, 2.45) is 10.9 Å². The van der Waals surface area contributed by atoms with E-state index < -0.39 is 63.6 Å². The summed E-state index contributed by atoms with van der Waals surface area (Å²) >= 11 is 0.966. The van der Waals surface area contributed by atoms with E-state index in [1.165, 1.54) is 10.3 Å². The number of nitrogen functional groups attached to an aromatic ring is 1. The smallest absolute Gasteiger partial charge is 0.362 e. The van der Waals surface area contributed by atoms with Crippen molar-refractivity contribution in [2.75, 3.05) is 25.4 Å². The summed E-state index contributed by atoms with van der Waals surface area (Å²) in [5.41, 5.74) is 9.02. The summed E-state index contributed by atoms with van der Waals surface area (Å²) in [6.07, 6.45) is 1.47. The maximum absolute atomic E-state index is 13.2. The first-order valence-electron chi connectivity index (χ1n) is 11.4. The summed E-state index contributed by atoms with van der Waals surface area (Å²) in [6, 6.07) is -3.82. The highest BCUT2D eigenvalue weighted by Gasteiger charge is 2.55. The van der Waals surface area contributed by atoms with Crippen molar-refractivity contribution in [3.63, 3.8) is 0 Å². The molecule has 0 aromatic carbocycles. The molecule has 3 atom stereocenters. The number of thiazole rings is 1. The summed E-state index contributed by atoms with van der Waals surface area (Å²) in [7, 11) is -5.02. The highest BCUT2D eigenvalue weighted by atomic mass is 32.2. The van der Waals surface area contributed by atoms with Crippen LogP contribution in [0.5, 0.6) is 0 Å². The molecule has 0 spiro atoms. The van der Waals surface area contributed by atoms with Crippen molar-refractivity contribution in [3.8, 4) is 0 Å². The van der Waals surface area contributed by atoms with Gasteiger partial charge in [0.15, 0.2) is 10.8 Å². The van der Waals surface area contributed by atoms with Crippen LogP contribution in [0, 0.1) is 0 Å². The van der Waals surface area contributed by atoms with Gasteiger partial charge in [0.25, 0.3) is 11.8 Å². The minimum Gasteiger partial charge on any atom is -0.478 e. The molecule has 0 bridgehead atoms. The average molecular weight is 575 g/mol. The van der Waals surface area contributed by atoms with Gasteiger partial charge in [-0.3, -0.25) is 14.1 Å².